The lowest BCUT2D eigenvalue weighted by Crippen LogP contribution is -2.34. The summed E-state index contributed by atoms with van der Waals surface area (Å²) in [5, 5.41) is 12.7. The molecule has 0 spiro atoms. The van der Waals surface area contributed by atoms with Crippen LogP contribution in [0.15, 0.2) is 60.7 Å². The molecule has 0 bridgehead atoms. The summed E-state index contributed by atoms with van der Waals surface area (Å²) in [6.07, 6.45) is -0.471. The van der Waals surface area contributed by atoms with Gasteiger partial charge in [0, 0.05) is 19.6 Å². The minimum atomic E-state index is -0.630. The molecular weight excluding hydrogens is 302 g/mol. The van der Waals surface area contributed by atoms with Crippen molar-refractivity contribution in [2.24, 2.45) is 0 Å². The number of hydrogen-bond acceptors (Lipinski definition) is 3. The zero-order chi connectivity index (χ0) is 17.4. The number of benzene rings is 2. The average molecular weight is 327 g/mol. The Kier molecular flexibility index (Phi) is 6.97. The van der Waals surface area contributed by atoms with E-state index in [4.69, 9.17) is 4.74 Å². The van der Waals surface area contributed by atoms with Crippen LogP contribution in [0.1, 0.15) is 36.5 Å². The molecule has 2 unspecified atom stereocenters. The van der Waals surface area contributed by atoms with Gasteiger partial charge in [-0.3, -0.25) is 4.79 Å². The predicted octanol–water partition coefficient (Wildman–Crippen LogP) is 3.05. The van der Waals surface area contributed by atoms with Gasteiger partial charge in [0.1, 0.15) is 0 Å². The van der Waals surface area contributed by atoms with E-state index in [0.717, 1.165) is 11.1 Å². The predicted molar refractivity (Wildman–Crippen MR) is 94.7 cm³/mol. The van der Waals surface area contributed by atoms with E-state index < -0.39 is 12.2 Å². The molecule has 128 valence electrons. The molecule has 0 aliphatic rings. The third kappa shape index (κ3) is 5.18. The van der Waals surface area contributed by atoms with Gasteiger partial charge < -0.3 is 15.2 Å². The van der Waals surface area contributed by atoms with Gasteiger partial charge in [-0.25, -0.2) is 0 Å². The molecule has 24 heavy (non-hydrogen) atoms. The van der Waals surface area contributed by atoms with Crippen LogP contribution in [0.3, 0.4) is 0 Å². The van der Waals surface area contributed by atoms with Crippen LogP contribution in [-0.4, -0.2) is 30.8 Å². The van der Waals surface area contributed by atoms with Crippen LogP contribution >= 0.6 is 0 Å². The minimum Gasteiger partial charge on any atom is -0.393 e. The van der Waals surface area contributed by atoms with Crippen LogP contribution in [0.4, 0.5) is 0 Å². The van der Waals surface area contributed by atoms with Crippen LogP contribution in [0.5, 0.6) is 0 Å². The van der Waals surface area contributed by atoms with Crippen molar-refractivity contribution in [1.29, 1.82) is 0 Å². The van der Waals surface area contributed by atoms with Crippen LogP contribution in [0.25, 0.3) is 0 Å². The van der Waals surface area contributed by atoms with E-state index in [2.05, 4.69) is 5.32 Å². The lowest BCUT2D eigenvalue weighted by atomic mass is 9.93. The van der Waals surface area contributed by atoms with Gasteiger partial charge in [0.25, 0.3) is 5.91 Å². The highest BCUT2D eigenvalue weighted by molar-refractivity contribution is 5.82. The molecule has 0 fully saturated rings. The third-order valence-corrected chi connectivity index (χ3v) is 4.00. The molecular formula is C20H25NO3. The number of aliphatic hydroxyl groups excluding tert-OH is 1. The maximum Gasteiger partial charge on any atom is 0.253 e. The van der Waals surface area contributed by atoms with Crippen LogP contribution in [-0.2, 0) is 9.53 Å². The van der Waals surface area contributed by atoms with E-state index in [0.29, 0.717) is 13.0 Å². The van der Waals surface area contributed by atoms with Gasteiger partial charge >= 0.3 is 0 Å². The van der Waals surface area contributed by atoms with Crippen molar-refractivity contribution in [3.8, 4) is 0 Å². The molecule has 4 heteroatoms. The molecule has 2 rings (SSSR count). The zero-order valence-electron chi connectivity index (χ0n) is 14.2. The second-order valence-corrected chi connectivity index (χ2v) is 5.96. The highest BCUT2D eigenvalue weighted by atomic mass is 16.5. The summed E-state index contributed by atoms with van der Waals surface area (Å²) < 4.78 is 5.36. The molecule has 0 aliphatic carbocycles. The summed E-state index contributed by atoms with van der Waals surface area (Å²) in [6, 6.07) is 19.3. The van der Waals surface area contributed by atoms with Gasteiger partial charge in [-0.1, -0.05) is 60.7 Å². The molecule has 0 aliphatic heterocycles. The number of methoxy groups -OCH3 is 1. The van der Waals surface area contributed by atoms with Gasteiger partial charge in [0.05, 0.1) is 6.10 Å². The van der Waals surface area contributed by atoms with Gasteiger partial charge in [0.15, 0.2) is 6.10 Å². The van der Waals surface area contributed by atoms with E-state index in [1.54, 1.807) is 6.92 Å². The smallest absolute Gasteiger partial charge is 0.253 e. The number of carbonyl (C=O) groups is 1. The standard InChI is InChI=1S/C20H25NO3/c1-15(22)13-18(16-9-5-3-6-10-16)14-21-20(23)19(24-2)17-11-7-4-8-12-17/h3-12,15,18-19,22H,13-14H2,1-2H3,(H,21,23)/t15?,18?,19-/m1/s1. The Morgan fingerprint density at radius 3 is 2.08 bits per heavy atom. The Morgan fingerprint density at radius 1 is 1.04 bits per heavy atom. The van der Waals surface area contributed by atoms with Gasteiger partial charge in [-0.2, -0.15) is 0 Å². The molecule has 2 N–H and O–H groups in total. The molecule has 1 amide bonds. The molecule has 0 radical (unpaired) electrons. The summed E-state index contributed by atoms with van der Waals surface area (Å²) in [5.41, 5.74) is 1.93. The normalized spacial score (nSPS) is 14.6. The molecule has 3 atom stereocenters. The summed E-state index contributed by atoms with van der Waals surface area (Å²) in [6.45, 7) is 2.22. The maximum absolute atomic E-state index is 12.5. The number of ether oxygens (including phenoxy) is 1. The Labute approximate surface area is 143 Å². The van der Waals surface area contributed by atoms with E-state index in [-0.39, 0.29) is 11.8 Å². The van der Waals surface area contributed by atoms with Crippen molar-refractivity contribution in [2.45, 2.75) is 31.5 Å². The van der Waals surface area contributed by atoms with Crippen molar-refractivity contribution >= 4 is 5.91 Å². The fourth-order valence-electron chi connectivity index (χ4n) is 2.81. The first-order valence-corrected chi connectivity index (χ1v) is 8.20. The van der Waals surface area contributed by atoms with E-state index in [1.165, 1.54) is 7.11 Å². The maximum atomic E-state index is 12.5. The monoisotopic (exact) mass is 327 g/mol. The Hall–Kier alpha value is -2.17. The number of hydrogen-bond donors (Lipinski definition) is 2. The summed E-state index contributed by atoms with van der Waals surface area (Å²) in [7, 11) is 1.53. The van der Waals surface area contributed by atoms with Crippen molar-refractivity contribution in [3.05, 3.63) is 71.8 Å². The van der Waals surface area contributed by atoms with Crippen molar-refractivity contribution in [1.82, 2.24) is 5.32 Å². The van der Waals surface area contributed by atoms with E-state index in [9.17, 15) is 9.90 Å². The molecule has 0 heterocycles. The Balaban J connectivity index is 2.03. The van der Waals surface area contributed by atoms with Gasteiger partial charge in [-0.15, -0.1) is 0 Å². The molecule has 0 saturated heterocycles. The highest BCUT2D eigenvalue weighted by Crippen LogP contribution is 2.22. The summed E-state index contributed by atoms with van der Waals surface area (Å²) >= 11 is 0. The Morgan fingerprint density at radius 2 is 1.58 bits per heavy atom. The number of carbonyl (C=O) groups excluding carboxylic acids is 1. The molecule has 2 aromatic rings. The SMILES string of the molecule is CO[C@@H](C(=O)NCC(CC(C)O)c1ccccc1)c1ccccc1. The molecule has 0 aromatic heterocycles. The molecule has 0 saturated carbocycles. The summed E-state index contributed by atoms with van der Waals surface area (Å²) in [5.74, 6) is -0.112. The molecule has 4 nitrogen and oxygen atoms in total. The molecule has 2 aromatic carbocycles. The van der Waals surface area contributed by atoms with E-state index in [1.807, 2.05) is 60.7 Å². The van der Waals surface area contributed by atoms with Crippen LogP contribution in [0.2, 0.25) is 0 Å². The first-order valence-electron chi connectivity index (χ1n) is 8.20. The largest absolute Gasteiger partial charge is 0.393 e. The average Bonchev–Trinajstić information content (AvgIpc) is 2.60. The zero-order valence-corrected chi connectivity index (χ0v) is 14.2. The van der Waals surface area contributed by atoms with E-state index >= 15 is 0 Å². The Bertz CT molecular complexity index is 613. The number of nitrogens with one attached hydrogen (secondary N) is 1. The summed E-state index contributed by atoms with van der Waals surface area (Å²) in [4.78, 5) is 12.5. The highest BCUT2D eigenvalue weighted by Gasteiger charge is 2.22. The topological polar surface area (TPSA) is 58.6 Å². The first kappa shape index (κ1) is 18.2. The number of aliphatic hydroxyl groups is 1. The third-order valence-electron chi connectivity index (χ3n) is 4.00. The van der Waals surface area contributed by atoms with Crippen LogP contribution in [0, 0.1) is 0 Å². The lowest BCUT2D eigenvalue weighted by Gasteiger charge is -2.22. The second kappa shape index (κ2) is 9.21. The van der Waals surface area contributed by atoms with Crippen molar-refractivity contribution in [3.63, 3.8) is 0 Å². The fraction of sp³-hybridized carbons (Fsp3) is 0.350. The number of rotatable bonds is 8. The van der Waals surface area contributed by atoms with Gasteiger partial charge in [-0.05, 0) is 24.5 Å². The lowest BCUT2D eigenvalue weighted by molar-refractivity contribution is -0.131. The number of amides is 1. The quantitative estimate of drug-likeness (QED) is 0.783. The fourth-order valence-corrected chi connectivity index (χ4v) is 2.81. The van der Waals surface area contributed by atoms with Gasteiger partial charge in [0.2, 0.25) is 0 Å². The first-order chi connectivity index (χ1) is 11.6. The second-order valence-electron chi connectivity index (χ2n) is 5.96. The van der Waals surface area contributed by atoms with Crippen molar-refractivity contribution in [2.75, 3.05) is 13.7 Å². The minimum absolute atomic E-state index is 0.0587. The van der Waals surface area contributed by atoms with Crippen molar-refractivity contribution < 1.29 is 14.6 Å². The van der Waals surface area contributed by atoms with Crippen LogP contribution < -0.4 is 5.32 Å².